The molecule has 0 aliphatic heterocycles. The zero-order valence-electron chi connectivity index (χ0n) is 5.03. The molecule has 0 heterocycles. The first-order valence-electron chi connectivity index (χ1n) is 2.83. The van der Waals surface area contributed by atoms with Gasteiger partial charge in [0, 0.05) is 6.04 Å². The zero-order chi connectivity index (χ0) is 6.15. The summed E-state index contributed by atoms with van der Waals surface area (Å²) >= 11 is 0. The van der Waals surface area contributed by atoms with E-state index < -0.39 is 12.2 Å². The molecule has 1 aliphatic rings. The van der Waals surface area contributed by atoms with Gasteiger partial charge in [0.15, 0.2) is 0 Å². The fourth-order valence-corrected chi connectivity index (χ4v) is 0.990. The minimum absolute atomic E-state index is 0. The Kier molecular flexibility index (Phi) is 3.43. The molecule has 0 aromatic heterocycles. The molecule has 0 aromatic rings. The van der Waals surface area contributed by atoms with Gasteiger partial charge in [-0.15, -0.1) is 12.4 Å². The Hall–Kier alpha value is 0.170. The van der Waals surface area contributed by atoms with Crippen LogP contribution in [0.5, 0.6) is 0 Å². The molecule has 1 rings (SSSR count). The molecular weight excluding hydrogens is 142 g/mol. The van der Waals surface area contributed by atoms with Gasteiger partial charge in [0.05, 0.1) is 12.2 Å². The fraction of sp³-hybridized carbons (Fsp3) is 1.00. The van der Waals surface area contributed by atoms with Gasteiger partial charge in [-0.25, -0.2) is 0 Å². The third-order valence-electron chi connectivity index (χ3n) is 1.63. The highest BCUT2D eigenvalue weighted by atomic mass is 35.5. The van der Waals surface area contributed by atoms with E-state index in [4.69, 9.17) is 15.9 Å². The van der Waals surface area contributed by atoms with E-state index in [1.165, 1.54) is 0 Å². The molecule has 4 N–H and O–H groups in total. The molecule has 56 valence electrons. The van der Waals surface area contributed by atoms with E-state index in [-0.39, 0.29) is 18.4 Å². The van der Waals surface area contributed by atoms with Gasteiger partial charge in [0.25, 0.3) is 0 Å². The summed E-state index contributed by atoms with van der Waals surface area (Å²) in [4.78, 5) is 0. The van der Waals surface area contributed by atoms with Crippen LogP contribution >= 0.6 is 12.4 Å². The smallest absolute Gasteiger partial charge is 0.0949 e. The molecule has 0 aromatic carbocycles. The molecule has 1 aliphatic carbocycles. The standard InChI is InChI=1S/C5H11NO2.ClH/c6-3-1-2-4(7)5(3)8;/h3-5,7-8H,1-2,6H2;1H/t3-,4+,5-;/m1./s1. The summed E-state index contributed by atoms with van der Waals surface area (Å²) < 4.78 is 0. The molecule has 0 saturated heterocycles. The minimum atomic E-state index is -0.685. The van der Waals surface area contributed by atoms with E-state index in [0.717, 1.165) is 6.42 Å². The molecule has 0 radical (unpaired) electrons. The molecule has 4 heteroatoms. The summed E-state index contributed by atoms with van der Waals surface area (Å²) in [6, 6.07) is -0.204. The zero-order valence-corrected chi connectivity index (χ0v) is 5.84. The molecular formula is C5H12ClNO2. The van der Waals surface area contributed by atoms with Crippen LogP contribution in [0.3, 0.4) is 0 Å². The second kappa shape index (κ2) is 3.37. The van der Waals surface area contributed by atoms with Crippen molar-refractivity contribution in [3.8, 4) is 0 Å². The predicted molar refractivity (Wildman–Crippen MR) is 36.5 cm³/mol. The summed E-state index contributed by atoms with van der Waals surface area (Å²) in [6.45, 7) is 0. The number of aliphatic hydroxyl groups excluding tert-OH is 2. The average molecular weight is 154 g/mol. The van der Waals surface area contributed by atoms with Crippen molar-refractivity contribution in [3.05, 3.63) is 0 Å². The first-order chi connectivity index (χ1) is 3.72. The van der Waals surface area contributed by atoms with Crippen LogP contribution in [0.25, 0.3) is 0 Å². The fourth-order valence-electron chi connectivity index (χ4n) is 0.990. The summed E-state index contributed by atoms with van der Waals surface area (Å²) in [5.41, 5.74) is 5.36. The Morgan fingerprint density at radius 2 is 1.78 bits per heavy atom. The van der Waals surface area contributed by atoms with E-state index in [2.05, 4.69) is 0 Å². The van der Waals surface area contributed by atoms with Crippen LogP contribution in [0.4, 0.5) is 0 Å². The van der Waals surface area contributed by atoms with Crippen LogP contribution < -0.4 is 5.73 Å². The van der Waals surface area contributed by atoms with Crippen LogP contribution in [0, 0.1) is 0 Å². The van der Waals surface area contributed by atoms with Crippen molar-refractivity contribution in [2.75, 3.05) is 0 Å². The summed E-state index contributed by atoms with van der Waals surface area (Å²) in [7, 11) is 0. The molecule has 9 heavy (non-hydrogen) atoms. The van der Waals surface area contributed by atoms with Crippen LogP contribution in [0.15, 0.2) is 0 Å². The van der Waals surface area contributed by atoms with Crippen molar-refractivity contribution in [1.29, 1.82) is 0 Å². The Bertz CT molecular complexity index is 81.0. The third kappa shape index (κ3) is 1.79. The normalized spacial score (nSPS) is 42.3. The van der Waals surface area contributed by atoms with Gasteiger partial charge < -0.3 is 15.9 Å². The monoisotopic (exact) mass is 153 g/mol. The second-order valence-corrected chi connectivity index (χ2v) is 2.30. The molecule has 3 atom stereocenters. The summed E-state index contributed by atoms with van der Waals surface area (Å²) in [6.07, 6.45) is 0.116. The van der Waals surface area contributed by atoms with Crippen molar-refractivity contribution in [3.63, 3.8) is 0 Å². The quantitative estimate of drug-likeness (QED) is 0.429. The highest BCUT2D eigenvalue weighted by Crippen LogP contribution is 2.17. The molecule has 0 amide bonds. The van der Waals surface area contributed by atoms with Gasteiger partial charge in [-0.05, 0) is 12.8 Å². The summed E-state index contributed by atoms with van der Waals surface area (Å²) in [5, 5.41) is 17.7. The SMILES string of the molecule is Cl.N[C@@H]1CC[C@H](O)[C@@H]1O. The highest BCUT2D eigenvalue weighted by molar-refractivity contribution is 5.85. The lowest BCUT2D eigenvalue weighted by molar-refractivity contribution is 0.0364. The van der Waals surface area contributed by atoms with Crippen molar-refractivity contribution < 1.29 is 10.2 Å². The Morgan fingerprint density at radius 1 is 1.22 bits per heavy atom. The minimum Gasteiger partial charge on any atom is -0.390 e. The predicted octanol–water partition coefficient (Wildman–Crippen LogP) is -0.749. The number of halogens is 1. The van der Waals surface area contributed by atoms with E-state index in [9.17, 15) is 0 Å². The van der Waals surface area contributed by atoms with Crippen molar-refractivity contribution >= 4 is 12.4 Å². The third-order valence-corrected chi connectivity index (χ3v) is 1.63. The maximum absolute atomic E-state index is 8.89. The van der Waals surface area contributed by atoms with E-state index >= 15 is 0 Å². The maximum Gasteiger partial charge on any atom is 0.0949 e. The molecule has 1 saturated carbocycles. The number of hydrogen-bond donors (Lipinski definition) is 3. The van der Waals surface area contributed by atoms with Crippen molar-refractivity contribution in [2.24, 2.45) is 5.73 Å². The van der Waals surface area contributed by atoms with Gasteiger partial charge in [0.2, 0.25) is 0 Å². The van der Waals surface area contributed by atoms with Crippen LogP contribution in [0.1, 0.15) is 12.8 Å². The van der Waals surface area contributed by atoms with Crippen LogP contribution in [-0.4, -0.2) is 28.5 Å². The number of nitrogens with two attached hydrogens (primary N) is 1. The van der Waals surface area contributed by atoms with Crippen LogP contribution in [0.2, 0.25) is 0 Å². The van der Waals surface area contributed by atoms with Gasteiger partial charge in [-0.3, -0.25) is 0 Å². The lowest BCUT2D eigenvalue weighted by Gasteiger charge is -2.09. The second-order valence-electron chi connectivity index (χ2n) is 2.30. The first-order valence-corrected chi connectivity index (χ1v) is 2.83. The first kappa shape index (κ1) is 9.17. The molecule has 0 bridgehead atoms. The van der Waals surface area contributed by atoms with Gasteiger partial charge in [0.1, 0.15) is 0 Å². The van der Waals surface area contributed by atoms with Gasteiger partial charge in [-0.1, -0.05) is 0 Å². The average Bonchev–Trinajstić information content (AvgIpc) is 1.98. The maximum atomic E-state index is 8.89. The van der Waals surface area contributed by atoms with Crippen molar-refractivity contribution in [2.45, 2.75) is 31.1 Å². The van der Waals surface area contributed by atoms with Gasteiger partial charge in [-0.2, -0.15) is 0 Å². The van der Waals surface area contributed by atoms with Gasteiger partial charge >= 0.3 is 0 Å². The Balaban J connectivity index is 0.000000640. The van der Waals surface area contributed by atoms with Crippen LogP contribution in [-0.2, 0) is 0 Å². The molecule has 0 spiro atoms. The highest BCUT2D eigenvalue weighted by Gasteiger charge is 2.29. The Morgan fingerprint density at radius 3 is 1.89 bits per heavy atom. The summed E-state index contributed by atoms with van der Waals surface area (Å²) in [5.74, 6) is 0. The number of rotatable bonds is 0. The van der Waals surface area contributed by atoms with E-state index in [0.29, 0.717) is 6.42 Å². The number of hydrogen-bond acceptors (Lipinski definition) is 3. The van der Waals surface area contributed by atoms with E-state index in [1.807, 2.05) is 0 Å². The van der Waals surface area contributed by atoms with E-state index in [1.54, 1.807) is 0 Å². The molecule has 3 nitrogen and oxygen atoms in total. The molecule has 0 unspecified atom stereocenters. The molecule has 1 fully saturated rings. The number of aliphatic hydroxyl groups is 2. The lowest BCUT2D eigenvalue weighted by Crippen LogP contribution is -2.34. The lowest BCUT2D eigenvalue weighted by atomic mass is 10.2. The topological polar surface area (TPSA) is 66.5 Å². The van der Waals surface area contributed by atoms with Crippen molar-refractivity contribution in [1.82, 2.24) is 0 Å². The Labute approximate surface area is 60.3 Å². The largest absolute Gasteiger partial charge is 0.390 e.